The molecule has 0 unspecified atom stereocenters. The van der Waals surface area contributed by atoms with Crippen molar-refractivity contribution in [3.8, 4) is 0 Å². The van der Waals surface area contributed by atoms with Gasteiger partial charge in [-0.1, -0.05) is 0 Å². The van der Waals surface area contributed by atoms with E-state index in [1.807, 2.05) is 27.8 Å². The molecule has 20 heavy (non-hydrogen) atoms. The monoisotopic (exact) mass is 281 g/mol. The van der Waals surface area contributed by atoms with Gasteiger partial charge >= 0.3 is 6.09 Å². The summed E-state index contributed by atoms with van der Waals surface area (Å²) in [5, 5.41) is 7.43. The molecule has 1 aliphatic rings. The minimum absolute atomic E-state index is 0.236. The molecule has 0 spiro atoms. The van der Waals surface area contributed by atoms with Gasteiger partial charge in [0.05, 0.1) is 6.54 Å². The van der Waals surface area contributed by atoms with E-state index in [4.69, 9.17) is 4.74 Å². The van der Waals surface area contributed by atoms with Crippen molar-refractivity contribution in [3.05, 3.63) is 12.2 Å². The maximum absolute atomic E-state index is 11.9. The van der Waals surface area contributed by atoms with Gasteiger partial charge in [0.1, 0.15) is 17.8 Å². The number of rotatable bonds is 3. The Bertz CT molecular complexity index is 466. The van der Waals surface area contributed by atoms with Crippen LogP contribution < -0.4 is 5.32 Å². The average molecular weight is 281 g/mol. The van der Waals surface area contributed by atoms with Crippen molar-refractivity contribution >= 4 is 6.09 Å². The Kier molecular flexibility index (Phi) is 4.27. The Morgan fingerprint density at radius 1 is 1.55 bits per heavy atom. The Balaban J connectivity index is 1.78. The van der Waals surface area contributed by atoms with Gasteiger partial charge in [-0.25, -0.2) is 9.78 Å². The van der Waals surface area contributed by atoms with E-state index in [0.29, 0.717) is 13.1 Å². The molecule has 1 aromatic heterocycles. The standard InChI is InChI=1S/C13H23N5O2/c1-13(2,3)20-12(19)18-6-5-10(8-18)14-7-11-15-9-16-17(11)4/h9-10,14H,5-8H2,1-4H3/t10-/m1/s1. The van der Waals surface area contributed by atoms with E-state index in [1.165, 1.54) is 0 Å². The fourth-order valence-electron chi connectivity index (χ4n) is 2.13. The summed E-state index contributed by atoms with van der Waals surface area (Å²) in [5.41, 5.74) is -0.443. The molecular formula is C13H23N5O2. The molecule has 2 heterocycles. The number of aryl methyl sites for hydroxylation is 1. The van der Waals surface area contributed by atoms with Gasteiger partial charge in [0.25, 0.3) is 0 Å². The highest BCUT2D eigenvalue weighted by atomic mass is 16.6. The Morgan fingerprint density at radius 3 is 2.90 bits per heavy atom. The second-order valence-corrected chi connectivity index (χ2v) is 6.09. The van der Waals surface area contributed by atoms with Crippen LogP contribution in [-0.2, 0) is 18.3 Å². The van der Waals surface area contributed by atoms with E-state index in [2.05, 4.69) is 15.4 Å². The van der Waals surface area contributed by atoms with E-state index < -0.39 is 5.60 Å². The predicted molar refractivity (Wildman–Crippen MR) is 74.1 cm³/mol. The van der Waals surface area contributed by atoms with Crippen LogP contribution in [0.2, 0.25) is 0 Å². The highest BCUT2D eigenvalue weighted by Crippen LogP contribution is 2.15. The van der Waals surface area contributed by atoms with Crippen molar-refractivity contribution in [1.29, 1.82) is 0 Å². The van der Waals surface area contributed by atoms with Gasteiger partial charge in [-0.15, -0.1) is 0 Å². The number of nitrogens with one attached hydrogen (secondary N) is 1. The third-order valence-corrected chi connectivity index (χ3v) is 3.19. The summed E-state index contributed by atoms with van der Waals surface area (Å²) in [6.07, 6.45) is 2.23. The maximum Gasteiger partial charge on any atom is 0.410 e. The quantitative estimate of drug-likeness (QED) is 0.891. The first-order valence-corrected chi connectivity index (χ1v) is 6.89. The molecule has 2 rings (SSSR count). The molecule has 1 amide bonds. The molecule has 1 fully saturated rings. The van der Waals surface area contributed by atoms with Crippen LogP contribution in [-0.4, -0.2) is 50.5 Å². The molecule has 1 N–H and O–H groups in total. The lowest BCUT2D eigenvalue weighted by Crippen LogP contribution is -2.38. The Morgan fingerprint density at radius 2 is 2.30 bits per heavy atom. The van der Waals surface area contributed by atoms with E-state index in [0.717, 1.165) is 18.8 Å². The van der Waals surface area contributed by atoms with Crippen LogP contribution in [0.1, 0.15) is 33.0 Å². The smallest absolute Gasteiger partial charge is 0.410 e. The number of hydrogen-bond acceptors (Lipinski definition) is 5. The molecule has 1 saturated heterocycles. The molecule has 1 aromatic rings. The second-order valence-electron chi connectivity index (χ2n) is 6.09. The van der Waals surface area contributed by atoms with Crippen LogP contribution in [0.25, 0.3) is 0 Å². The van der Waals surface area contributed by atoms with Crippen molar-refractivity contribution in [1.82, 2.24) is 25.0 Å². The maximum atomic E-state index is 11.9. The number of nitrogens with zero attached hydrogens (tertiary/aromatic N) is 4. The lowest BCUT2D eigenvalue weighted by Gasteiger charge is -2.24. The van der Waals surface area contributed by atoms with E-state index >= 15 is 0 Å². The van der Waals surface area contributed by atoms with Crippen molar-refractivity contribution in [2.75, 3.05) is 13.1 Å². The lowest BCUT2D eigenvalue weighted by atomic mass is 10.2. The molecule has 7 nitrogen and oxygen atoms in total. The van der Waals surface area contributed by atoms with E-state index in [1.54, 1.807) is 15.9 Å². The highest BCUT2D eigenvalue weighted by molar-refractivity contribution is 5.68. The molecular weight excluding hydrogens is 258 g/mol. The molecule has 1 atom stereocenters. The first-order chi connectivity index (χ1) is 9.35. The van der Waals surface area contributed by atoms with Gasteiger partial charge in [0.2, 0.25) is 0 Å². The first-order valence-electron chi connectivity index (χ1n) is 6.89. The zero-order chi connectivity index (χ0) is 14.8. The summed E-state index contributed by atoms with van der Waals surface area (Å²) in [6.45, 7) is 7.70. The summed E-state index contributed by atoms with van der Waals surface area (Å²) in [7, 11) is 1.87. The fourth-order valence-corrected chi connectivity index (χ4v) is 2.13. The van der Waals surface area contributed by atoms with E-state index in [9.17, 15) is 4.79 Å². The average Bonchev–Trinajstić information content (AvgIpc) is 2.93. The third-order valence-electron chi connectivity index (χ3n) is 3.19. The zero-order valence-corrected chi connectivity index (χ0v) is 12.6. The summed E-state index contributed by atoms with van der Waals surface area (Å²) in [6, 6.07) is 0.277. The summed E-state index contributed by atoms with van der Waals surface area (Å²) < 4.78 is 7.12. The second kappa shape index (κ2) is 5.78. The Hall–Kier alpha value is -1.63. The van der Waals surface area contributed by atoms with Crippen LogP contribution in [0.15, 0.2) is 6.33 Å². The molecule has 1 aliphatic heterocycles. The van der Waals surface area contributed by atoms with Gasteiger partial charge in [0.15, 0.2) is 0 Å². The van der Waals surface area contributed by atoms with Gasteiger partial charge in [-0.05, 0) is 27.2 Å². The number of ether oxygens (including phenoxy) is 1. The van der Waals surface area contributed by atoms with Gasteiger partial charge in [-0.2, -0.15) is 5.10 Å². The number of hydrogen-bond donors (Lipinski definition) is 1. The lowest BCUT2D eigenvalue weighted by molar-refractivity contribution is 0.0291. The number of carbonyl (C=O) groups is 1. The molecule has 0 aromatic carbocycles. The van der Waals surface area contributed by atoms with Crippen molar-refractivity contribution < 1.29 is 9.53 Å². The van der Waals surface area contributed by atoms with Gasteiger partial charge < -0.3 is 15.0 Å². The zero-order valence-electron chi connectivity index (χ0n) is 12.6. The Labute approximate surface area is 119 Å². The van der Waals surface area contributed by atoms with Crippen LogP contribution in [0, 0.1) is 0 Å². The number of amides is 1. The minimum Gasteiger partial charge on any atom is -0.444 e. The fraction of sp³-hybridized carbons (Fsp3) is 0.769. The molecule has 0 radical (unpaired) electrons. The first kappa shape index (κ1) is 14.8. The summed E-state index contributed by atoms with van der Waals surface area (Å²) in [4.78, 5) is 17.9. The topological polar surface area (TPSA) is 72.3 Å². The van der Waals surface area contributed by atoms with Crippen LogP contribution in [0.3, 0.4) is 0 Å². The predicted octanol–water partition coefficient (Wildman–Crippen LogP) is 0.914. The largest absolute Gasteiger partial charge is 0.444 e. The SMILES string of the molecule is Cn1ncnc1CN[C@@H]1CCN(C(=O)OC(C)(C)C)C1. The van der Waals surface area contributed by atoms with E-state index in [-0.39, 0.29) is 12.1 Å². The number of likely N-dealkylation sites (tertiary alicyclic amines) is 1. The molecule has 0 saturated carbocycles. The summed E-state index contributed by atoms with van der Waals surface area (Å²) in [5.74, 6) is 0.890. The van der Waals surface area contributed by atoms with Crippen molar-refractivity contribution in [3.63, 3.8) is 0 Å². The van der Waals surface area contributed by atoms with Crippen molar-refractivity contribution in [2.24, 2.45) is 7.05 Å². The normalized spacial score (nSPS) is 19.4. The number of aromatic nitrogens is 3. The molecule has 7 heteroatoms. The summed E-state index contributed by atoms with van der Waals surface area (Å²) >= 11 is 0. The molecule has 0 bridgehead atoms. The van der Waals surface area contributed by atoms with Crippen LogP contribution in [0.4, 0.5) is 4.79 Å². The van der Waals surface area contributed by atoms with Crippen molar-refractivity contribution in [2.45, 2.75) is 45.4 Å². The van der Waals surface area contributed by atoms with Gasteiger partial charge in [0, 0.05) is 26.2 Å². The minimum atomic E-state index is -0.443. The van der Waals surface area contributed by atoms with Crippen LogP contribution in [0.5, 0.6) is 0 Å². The number of carbonyl (C=O) groups excluding carboxylic acids is 1. The highest BCUT2D eigenvalue weighted by Gasteiger charge is 2.29. The molecule has 0 aliphatic carbocycles. The third kappa shape index (κ3) is 3.93. The van der Waals surface area contributed by atoms with Gasteiger partial charge in [-0.3, -0.25) is 4.68 Å². The molecule has 112 valence electrons. The van der Waals surface area contributed by atoms with Crippen LogP contribution >= 0.6 is 0 Å².